The summed E-state index contributed by atoms with van der Waals surface area (Å²) in [4.78, 5) is 60.8. The molecule has 3 aliphatic rings. The number of nitrogens with zero attached hydrogens (tertiary/aromatic N) is 3. The number of fused-ring (bicyclic) bond motifs is 1. The Labute approximate surface area is 273 Å². The van der Waals surface area contributed by atoms with Gasteiger partial charge in [0.2, 0.25) is 17.7 Å². The van der Waals surface area contributed by atoms with E-state index in [2.05, 4.69) is 20.1 Å². The van der Waals surface area contributed by atoms with Crippen LogP contribution in [0.5, 0.6) is 0 Å². The molecule has 3 fully saturated rings. The molecule has 1 aromatic carbocycles. The third-order valence-electron chi connectivity index (χ3n) is 10.1. The summed E-state index contributed by atoms with van der Waals surface area (Å²) >= 11 is 0. The summed E-state index contributed by atoms with van der Waals surface area (Å²) < 4.78 is 12.9. The van der Waals surface area contributed by atoms with E-state index in [1.54, 1.807) is 29.0 Å². The molecule has 3 heterocycles. The van der Waals surface area contributed by atoms with Crippen LogP contribution in [0, 0.1) is 11.8 Å². The lowest BCUT2D eigenvalue weighted by Gasteiger charge is -2.39. The van der Waals surface area contributed by atoms with E-state index < -0.39 is 47.7 Å². The molecule has 46 heavy (non-hydrogen) atoms. The standard InChI is InChI=1S/C36H51N3O7/c1-7-10-18-28(41)37(6)25(5)31(26-16-12-11-13-17-26)45-35(44)29-27-19-20-36(46-27)30(29)33(42)39(22-14-23-40)32(36)34(43)38(21-9-3)24(4)15-8-2/h7,9,11-13,16-17,24-25,27,29-32,40H,1,3,8,10,14-15,18-23H2,2,4-6H3/t24?,25-,27+,29-,30-,31+,32+,36-/m1/s1. The number of esters is 1. The van der Waals surface area contributed by atoms with E-state index in [4.69, 9.17) is 9.47 Å². The van der Waals surface area contributed by atoms with Gasteiger partial charge in [-0.2, -0.15) is 0 Å². The highest BCUT2D eigenvalue weighted by atomic mass is 16.6. The highest BCUT2D eigenvalue weighted by Gasteiger charge is 2.75. The van der Waals surface area contributed by atoms with Crippen molar-refractivity contribution in [2.45, 2.75) is 102 Å². The van der Waals surface area contributed by atoms with E-state index in [-0.39, 0.29) is 43.3 Å². The number of carbonyl (C=O) groups excluding carboxylic acids is 4. The fourth-order valence-electron chi connectivity index (χ4n) is 7.66. The molecule has 0 saturated carbocycles. The molecule has 3 saturated heterocycles. The molecule has 1 spiro atoms. The second kappa shape index (κ2) is 15.4. The van der Waals surface area contributed by atoms with Crippen molar-refractivity contribution < 1.29 is 33.8 Å². The summed E-state index contributed by atoms with van der Waals surface area (Å²) in [6.07, 6.45) is 5.78. The third kappa shape index (κ3) is 6.65. The first-order valence-electron chi connectivity index (χ1n) is 16.7. The molecule has 3 aliphatic heterocycles. The lowest BCUT2D eigenvalue weighted by molar-refractivity contribution is -0.164. The first-order chi connectivity index (χ1) is 22.1. The van der Waals surface area contributed by atoms with E-state index in [1.165, 1.54) is 4.90 Å². The average molecular weight is 638 g/mol. The Morgan fingerprint density at radius 1 is 1.20 bits per heavy atom. The Morgan fingerprint density at radius 2 is 1.91 bits per heavy atom. The normalized spacial score (nSPS) is 26.6. The average Bonchev–Trinajstić information content (AvgIpc) is 3.70. The number of ether oxygens (including phenoxy) is 2. The Bertz CT molecular complexity index is 1270. The van der Waals surface area contributed by atoms with Gasteiger partial charge >= 0.3 is 5.97 Å². The van der Waals surface area contributed by atoms with Crippen LogP contribution in [0.4, 0.5) is 0 Å². The molecule has 10 nitrogen and oxygen atoms in total. The lowest BCUT2D eigenvalue weighted by Crippen LogP contribution is -2.58. The smallest absolute Gasteiger partial charge is 0.313 e. The monoisotopic (exact) mass is 637 g/mol. The van der Waals surface area contributed by atoms with Crippen LogP contribution in [-0.4, -0.2) is 100 Å². The zero-order valence-corrected chi connectivity index (χ0v) is 27.8. The molecule has 10 heteroatoms. The number of amides is 3. The minimum Gasteiger partial charge on any atom is -0.455 e. The van der Waals surface area contributed by atoms with Crippen LogP contribution in [-0.2, 0) is 28.7 Å². The lowest BCUT2D eigenvalue weighted by atomic mass is 9.70. The van der Waals surface area contributed by atoms with Crippen molar-refractivity contribution in [1.29, 1.82) is 0 Å². The molecule has 1 aromatic rings. The SMILES string of the molecule is C=CCCC(=O)N(C)[C@H](C)[C@H](OC(=O)[C@@H]1[C@@H]2CC[C@]3(O2)[C@H](C(=O)N(CC=C)C(C)CCC)N(CCCO)C(=O)[C@@H]13)c1ccccc1. The van der Waals surface area contributed by atoms with Crippen molar-refractivity contribution >= 4 is 23.7 Å². The highest BCUT2D eigenvalue weighted by molar-refractivity contribution is 5.98. The zero-order valence-electron chi connectivity index (χ0n) is 27.8. The minimum atomic E-state index is -1.17. The molecule has 0 radical (unpaired) electrons. The molecule has 0 aromatic heterocycles. The Hall–Kier alpha value is -3.50. The van der Waals surface area contributed by atoms with E-state index >= 15 is 0 Å². The number of aliphatic hydroxyl groups is 1. The zero-order chi connectivity index (χ0) is 33.6. The number of likely N-dealkylation sites (N-methyl/N-ethyl adjacent to an activating group) is 1. The van der Waals surface area contributed by atoms with Crippen LogP contribution in [0.2, 0.25) is 0 Å². The maximum atomic E-state index is 14.4. The maximum absolute atomic E-state index is 14.4. The van der Waals surface area contributed by atoms with E-state index in [9.17, 15) is 24.3 Å². The second-order valence-corrected chi connectivity index (χ2v) is 12.9. The van der Waals surface area contributed by atoms with E-state index in [0.29, 0.717) is 32.2 Å². The van der Waals surface area contributed by atoms with Gasteiger partial charge in [0.05, 0.1) is 24.0 Å². The van der Waals surface area contributed by atoms with Gasteiger partial charge in [0, 0.05) is 39.2 Å². The number of rotatable bonds is 17. The first-order valence-corrected chi connectivity index (χ1v) is 16.7. The van der Waals surface area contributed by atoms with Crippen LogP contribution in [0.1, 0.15) is 77.4 Å². The molecule has 0 aliphatic carbocycles. The summed E-state index contributed by atoms with van der Waals surface area (Å²) in [5.41, 5.74) is -0.444. The molecule has 252 valence electrons. The number of carbonyl (C=O) groups is 4. The van der Waals surface area contributed by atoms with Crippen LogP contribution < -0.4 is 0 Å². The minimum absolute atomic E-state index is 0.0839. The highest BCUT2D eigenvalue weighted by Crippen LogP contribution is 2.59. The summed E-state index contributed by atoms with van der Waals surface area (Å²) in [5, 5.41) is 9.67. The number of benzene rings is 1. The molecular weight excluding hydrogens is 586 g/mol. The van der Waals surface area contributed by atoms with E-state index in [0.717, 1.165) is 18.4 Å². The van der Waals surface area contributed by atoms with Crippen LogP contribution in [0.15, 0.2) is 55.6 Å². The van der Waals surface area contributed by atoms with Gasteiger partial charge in [0.1, 0.15) is 17.7 Å². The van der Waals surface area contributed by atoms with Crippen molar-refractivity contribution in [3.63, 3.8) is 0 Å². The first kappa shape index (κ1) is 35.4. The van der Waals surface area contributed by atoms with Gasteiger partial charge < -0.3 is 29.3 Å². The Morgan fingerprint density at radius 3 is 2.54 bits per heavy atom. The molecule has 1 unspecified atom stereocenters. The van der Waals surface area contributed by atoms with Crippen molar-refractivity contribution in [1.82, 2.24) is 14.7 Å². The summed E-state index contributed by atoms with van der Waals surface area (Å²) in [6, 6.07) is 7.77. The summed E-state index contributed by atoms with van der Waals surface area (Å²) in [5.74, 6) is -3.01. The van der Waals surface area contributed by atoms with Gasteiger partial charge in [0.25, 0.3) is 0 Å². The quantitative estimate of drug-likeness (QED) is 0.202. The number of likely N-dealkylation sites (tertiary alicyclic amines) is 1. The summed E-state index contributed by atoms with van der Waals surface area (Å²) in [6.45, 7) is 13.8. The molecular formula is C36H51N3O7. The predicted molar refractivity (Wildman–Crippen MR) is 174 cm³/mol. The molecule has 3 amide bonds. The van der Waals surface area contributed by atoms with E-state index in [1.807, 2.05) is 44.2 Å². The van der Waals surface area contributed by atoms with Gasteiger partial charge in [-0.05, 0) is 51.5 Å². The predicted octanol–water partition coefficient (Wildman–Crippen LogP) is 4.04. The molecule has 1 N–H and O–H groups in total. The largest absolute Gasteiger partial charge is 0.455 e. The maximum Gasteiger partial charge on any atom is 0.313 e. The van der Waals surface area contributed by atoms with Gasteiger partial charge in [-0.1, -0.05) is 55.8 Å². The number of hydrogen-bond acceptors (Lipinski definition) is 7. The number of hydrogen-bond donors (Lipinski definition) is 1. The van der Waals surface area contributed by atoms with Crippen molar-refractivity contribution in [3.05, 3.63) is 61.2 Å². The van der Waals surface area contributed by atoms with Gasteiger partial charge in [-0.15, -0.1) is 13.2 Å². The molecule has 4 rings (SSSR count). The third-order valence-corrected chi connectivity index (χ3v) is 10.1. The van der Waals surface area contributed by atoms with Crippen molar-refractivity contribution in [3.8, 4) is 0 Å². The van der Waals surface area contributed by atoms with Crippen LogP contribution >= 0.6 is 0 Å². The van der Waals surface area contributed by atoms with Gasteiger partial charge in [-0.3, -0.25) is 19.2 Å². The second-order valence-electron chi connectivity index (χ2n) is 12.9. The summed E-state index contributed by atoms with van der Waals surface area (Å²) in [7, 11) is 1.69. The van der Waals surface area contributed by atoms with Crippen LogP contribution in [0.3, 0.4) is 0 Å². The fourth-order valence-corrected chi connectivity index (χ4v) is 7.66. The fraction of sp³-hybridized carbons (Fsp3) is 0.611. The van der Waals surface area contributed by atoms with Gasteiger partial charge in [-0.25, -0.2) is 0 Å². The topological polar surface area (TPSA) is 117 Å². The number of allylic oxidation sites excluding steroid dienone is 1. The van der Waals surface area contributed by atoms with Crippen molar-refractivity contribution in [2.75, 3.05) is 26.7 Å². The molecule has 2 bridgehead atoms. The number of aliphatic hydroxyl groups excluding tert-OH is 1. The van der Waals surface area contributed by atoms with Crippen LogP contribution in [0.25, 0.3) is 0 Å². The molecule has 8 atom stereocenters. The Balaban J connectivity index is 1.67. The van der Waals surface area contributed by atoms with Crippen molar-refractivity contribution in [2.24, 2.45) is 11.8 Å². The van der Waals surface area contributed by atoms with Gasteiger partial charge in [0.15, 0.2) is 0 Å². The Kier molecular flexibility index (Phi) is 11.8.